The fourth-order valence-corrected chi connectivity index (χ4v) is 0.897. The van der Waals surface area contributed by atoms with Gasteiger partial charge in [0.15, 0.2) is 0 Å². The molecule has 0 rings (SSSR count). The summed E-state index contributed by atoms with van der Waals surface area (Å²) in [7, 11) is 0. The summed E-state index contributed by atoms with van der Waals surface area (Å²) >= 11 is 0. The van der Waals surface area contributed by atoms with Crippen LogP contribution in [0.2, 0.25) is 0 Å². The van der Waals surface area contributed by atoms with Crippen LogP contribution in [0.3, 0.4) is 0 Å². The van der Waals surface area contributed by atoms with Gasteiger partial charge in [-0.2, -0.15) is 0 Å². The molecule has 3 nitrogen and oxygen atoms in total. The van der Waals surface area contributed by atoms with E-state index in [0.717, 1.165) is 12.8 Å². The van der Waals surface area contributed by atoms with Crippen LogP contribution in [0.5, 0.6) is 0 Å². The highest BCUT2D eigenvalue weighted by molar-refractivity contribution is 5.69. The van der Waals surface area contributed by atoms with Gasteiger partial charge in [0.2, 0.25) is 0 Å². The second-order valence-electron chi connectivity index (χ2n) is 4.28. The normalized spacial score (nSPS) is 11.4. The molecule has 0 unspecified atom stereocenters. The molecule has 0 atom stereocenters. The minimum absolute atomic E-state index is 0.121. The zero-order valence-corrected chi connectivity index (χ0v) is 9.76. The lowest BCUT2D eigenvalue weighted by Gasteiger charge is -2.19. The topological polar surface area (TPSA) is 35.5 Å². The van der Waals surface area contributed by atoms with Crippen molar-refractivity contribution in [3.05, 3.63) is 0 Å². The van der Waals surface area contributed by atoms with Crippen LogP contribution >= 0.6 is 0 Å². The van der Waals surface area contributed by atoms with Crippen molar-refractivity contribution in [3.8, 4) is 0 Å². The predicted molar refractivity (Wildman–Crippen MR) is 56.2 cm³/mol. The van der Waals surface area contributed by atoms with Crippen LogP contribution in [-0.2, 0) is 14.3 Å². The van der Waals surface area contributed by atoms with Gasteiger partial charge in [-0.3, -0.25) is 4.79 Å². The third-order valence-electron chi connectivity index (χ3n) is 1.62. The monoisotopic (exact) mass is 202 g/mol. The van der Waals surface area contributed by atoms with E-state index >= 15 is 0 Å². The molecule has 0 aliphatic carbocycles. The van der Waals surface area contributed by atoms with Gasteiger partial charge >= 0.3 is 5.97 Å². The molecule has 0 aromatic heterocycles. The van der Waals surface area contributed by atoms with Crippen LogP contribution in [0.25, 0.3) is 0 Å². The summed E-state index contributed by atoms with van der Waals surface area (Å²) in [5, 5.41) is 0. The first-order valence-corrected chi connectivity index (χ1v) is 5.25. The Labute approximate surface area is 86.8 Å². The first kappa shape index (κ1) is 13.4. The van der Waals surface area contributed by atoms with Crippen molar-refractivity contribution in [1.82, 2.24) is 0 Å². The summed E-state index contributed by atoms with van der Waals surface area (Å²) in [5.74, 6) is -0.121. The molecule has 0 saturated heterocycles. The van der Waals surface area contributed by atoms with Crippen LogP contribution in [0.4, 0.5) is 0 Å². The van der Waals surface area contributed by atoms with Crippen molar-refractivity contribution in [1.29, 1.82) is 0 Å². The molecule has 0 amide bonds. The quantitative estimate of drug-likeness (QED) is 0.490. The number of rotatable bonds is 6. The van der Waals surface area contributed by atoms with Crippen molar-refractivity contribution in [3.63, 3.8) is 0 Å². The van der Waals surface area contributed by atoms with Crippen molar-refractivity contribution in [2.45, 2.75) is 52.6 Å². The average Bonchev–Trinajstić information content (AvgIpc) is 2.07. The summed E-state index contributed by atoms with van der Waals surface area (Å²) in [5.41, 5.74) is -0.157. The molecule has 0 aromatic rings. The van der Waals surface area contributed by atoms with E-state index in [2.05, 4.69) is 6.92 Å². The zero-order valence-electron chi connectivity index (χ0n) is 9.76. The molecule has 0 aliphatic rings. The fourth-order valence-electron chi connectivity index (χ4n) is 0.897. The first-order chi connectivity index (χ1) is 6.45. The molecular weight excluding hydrogens is 180 g/mol. The number of carbonyl (C=O) groups is 1. The Kier molecular flexibility index (Phi) is 6.54. The summed E-state index contributed by atoms with van der Waals surface area (Å²) in [4.78, 5) is 11.0. The molecule has 0 saturated carbocycles. The Balaban J connectivity index is 3.32. The summed E-state index contributed by atoms with van der Waals surface area (Å²) in [6.07, 6.45) is 2.44. The fraction of sp³-hybridized carbons (Fsp3) is 0.909. The number of esters is 1. The SMILES string of the molecule is CCCCC(=O)OCCOC(C)(C)C. The van der Waals surface area contributed by atoms with Gasteiger partial charge in [-0.15, -0.1) is 0 Å². The van der Waals surface area contributed by atoms with Crippen LogP contribution < -0.4 is 0 Å². The van der Waals surface area contributed by atoms with Crippen LogP contribution in [0, 0.1) is 0 Å². The first-order valence-electron chi connectivity index (χ1n) is 5.25. The Morgan fingerprint density at radius 2 is 1.86 bits per heavy atom. The lowest BCUT2D eigenvalue weighted by atomic mass is 10.2. The van der Waals surface area contributed by atoms with E-state index in [4.69, 9.17) is 9.47 Å². The highest BCUT2D eigenvalue weighted by Gasteiger charge is 2.09. The van der Waals surface area contributed by atoms with E-state index in [9.17, 15) is 4.79 Å². The Hall–Kier alpha value is -0.570. The third-order valence-corrected chi connectivity index (χ3v) is 1.62. The number of ether oxygens (including phenoxy) is 2. The number of hydrogen-bond acceptors (Lipinski definition) is 3. The number of unbranched alkanes of at least 4 members (excludes halogenated alkanes) is 1. The van der Waals surface area contributed by atoms with Crippen LogP contribution in [0.15, 0.2) is 0 Å². The summed E-state index contributed by atoms with van der Waals surface area (Å²) in [6, 6.07) is 0. The molecule has 3 heteroatoms. The van der Waals surface area contributed by atoms with Gasteiger partial charge in [0.05, 0.1) is 12.2 Å². The van der Waals surface area contributed by atoms with Gasteiger partial charge in [-0.05, 0) is 27.2 Å². The van der Waals surface area contributed by atoms with Gasteiger partial charge in [0, 0.05) is 6.42 Å². The van der Waals surface area contributed by atoms with Crippen LogP contribution in [0.1, 0.15) is 47.0 Å². The van der Waals surface area contributed by atoms with Gasteiger partial charge in [-0.1, -0.05) is 13.3 Å². The molecule has 0 aromatic carbocycles. The van der Waals surface area contributed by atoms with E-state index in [1.165, 1.54) is 0 Å². The molecule has 0 heterocycles. The second-order valence-corrected chi connectivity index (χ2v) is 4.28. The van der Waals surface area contributed by atoms with Crippen molar-refractivity contribution < 1.29 is 14.3 Å². The summed E-state index contributed by atoms with van der Waals surface area (Å²) in [6.45, 7) is 8.82. The predicted octanol–water partition coefficient (Wildman–Crippen LogP) is 2.53. The zero-order chi connectivity index (χ0) is 11.0. The standard InChI is InChI=1S/C11H22O3/c1-5-6-7-10(12)13-8-9-14-11(2,3)4/h5-9H2,1-4H3. The van der Waals surface area contributed by atoms with Crippen molar-refractivity contribution in [2.24, 2.45) is 0 Å². The molecule has 0 aliphatic heterocycles. The molecular formula is C11H22O3. The third kappa shape index (κ3) is 9.52. The number of carbonyl (C=O) groups excluding carboxylic acids is 1. The van der Waals surface area contributed by atoms with E-state index < -0.39 is 0 Å². The van der Waals surface area contributed by atoms with Gasteiger partial charge in [-0.25, -0.2) is 0 Å². The van der Waals surface area contributed by atoms with E-state index in [1.54, 1.807) is 0 Å². The second kappa shape index (κ2) is 6.82. The molecule has 0 bridgehead atoms. The number of hydrogen-bond donors (Lipinski definition) is 0. The largest absolute Gasteiger partial charge is 0.463 e. The van der Waals surface area contributed by atoms with Gasteiger partial charge in [0.1, 0.15) is 6.61 Å². The molecule has 0 spiro atoms. The van der Waals surface area contributed by atoms with Gasteiger partial charge < -0.3 is 9.47 Å². The molecule has 0 radical (unpaired) electrons. The van der Waals surface area contributed by atoms with E-state index in [-0.39, 0.29) is 11.6 Å². The maximum absolute atomic E-state index is 11.0. The smallest absolute Gasteiger partial charge is 0.305 e. The Morgan fingerprint density at radius 1 is 1.21 bits per heavy atom. The Morgan fingerprint density at radius 3 is 2.36 bits per heavy atom. The highest BCUT2D eigenvalue weighted by Crippen LogP contribution is 2.05. The molecule has 0 fully saturated rings. The maximum atomic E-state index is 11.0. The Bertz CT molecular complexity index is 158. The lowest BCUT2D eigenvalue weighted by Crippen LogP contribution is -2.22. The minimum Gasteiger partial charge on any atom is -0.463 e. The van der Waals surface area contributed by atoms with Crippen molar-refractivity contribution >= 4 is 5.97 Å². The van der Waals surface area contributed by atoms with Crippen LogP contribution in [-0.4, -0.2) is 24.8 Å². The van der Waals surface area contributed by atoms with E-state index in [1.807, 2.05) is 20.8 Å². The molecule has 84 valence electrons. The minimum atomic E-state index is -0.157. The molecule has 14 heavy (non-hydrogen) atoms. The van der Waals surface area contributed by atoms with Gasteiger partial charge in [0.25, 0.3) is 0 Å². The maximum Gasteiger partial charge on any atom is 0.305 e. The molecule has 0 N–H and O–H groups in total. The average molecular weight is 202 g/mol. The summed E-state index contributed by atoms with van der Waals surface area (Å²) < 4.78 is 10.4. The lowest BCUT2D eigenvalue weighted by molar-refractivity contribution is -0.147. The highest BCUT2D eigenvalue weighted by atomic mass is 16.6. The van der Waals surface area contributed by atoms with E-state index in [0.29, 0.717) is 19.6 Å². The van der Waals surface area contributed by atoms with Crippen molar-refractivity contribution in [2.75, 3.05) is 13.2 Å².